The van der Waals surface area contributed by atoms with Crippen LogP contribution in [-0.4, -0.2) is 75.0 Å². The molecule has 0 bridgehead atoms. The minimum Gasteiger partial charge on any atom is -0.462 e. The van der Waals surface area contributed by atoms with E-state index in [-0.39, 0.29) is 52.4 Å². The number of carbonyl (C=O) groups is 2. The SMILES string of the molecule is C[C@H]1CC[C@@H]2N(C1)C[C@H]1[C@@H]3C[C@H]4[C@@H](CC(=O)[C@H]5C[C@@H](OC(=O)CC[C@@H](C)[C@H]6CC[C@H]7[C@@H]8C[C@H](O)[C@@H]9C[C@H](O)CC[C@]9(C)[C@H]8CC[C@]67C)CC[C@@]54C)[C@@H]3CC[C@@H]1[C@]2(C)O. The van der Waals surface area contributed by atoms with Crippen molar-refractivity contribution in [2.75, 3.05) is 13.1 Å². The summed E-state index contributed by atoms with van der Waals surface area (Å²) in [5, 5.41) is 34.1. The highest BCUT2D eigenvalue weighted by atomic mass is 16.5. The van der Waals surface area contributed by atoms with Crippen molar-refractivity contribution in [2.45, 2.75) is 193 Å². The normalized spacial score (nSPS) is 56.6. The maximum atomic E-state index is 14.2. The number of Topliss-reactive ketones (excluding diaryl/α,β-unsaturated/α-hetero) is 1. The fourth-order valence-electron chi connectivity index (χ4n) is 19.5. The van der Waals surface area contributed by atoms with Crippen molar-refractivity contribution in [3.05, 3.63) is 0 Å². The van der Waals surface area contributed by atoms with Crippen LogP contribution in [0.25, 0.3) is 0 Å². The smallest absolute Gasteiger partial charge is 0.306 e. The Morgan fingerprint density at radius 1 is 0.724 bits per heavy atom. The molecule has 0 aromatic carbocycles. The van der Waals surface area contributed by atoms with Crippen LogP contribution in [-0.2, 0) is 14.3 Å². The van der Waals surface area contributed by atoms with Crippen LogP contribution in [0.5, 0.6) is 0 Å². The molecule has 2 aliphatic heterocycles. The number of piperidine rings is 2. The zero-order valence-corrected chi connectivity index (χ0v) is 37.3. The molecule has 7 heteroatoms. The Bertz CT molecular complexity index is 1600. The lowest BCUT2D eigenvalue weighted by Crippen LogP contribution is -2.67. The molecule has 326 valence electrons. The summed E-state index contributed by atoms with van der Waals surface area (Å²) in [4.78, 5) is 30.5. The number of aliphatic hydroxyl groups is 3. The molecule has 0 aromatic heterocycles. The lowest BCUT2D eigenvalue weighted by atomic mass is 9.44. The quantitative estimate of drug-likeness (QED) is 0.239. The Morgan fingerprint density at radius 2 is 1.47 bits per heavy atom. The summed E-state index contributed by atoms with van der Waals surface area (Å²) in [6.45, 7) is 16.6. The van der Waals surface area contributed by atoms with Gasteiger partial charge >= 0.3 is 5.97 Å². The molecule has 0 amide bonds. The summed E-state index contributed by atoms with van der Waals surface area (Å²) >= 11 is 0. The molecule has 8 aliphatic carbocycles. The monoisotopic (exact) mass is 804 g/mol. The molecular formula is C51H81NO6. The standard InChI is InChI=1S/C51H81NO6/c1-28-7-13-46-51(6,57)40-10-9-32-33(36(40)27-52(46)26-28)23-41-34(32)24-44(54)43-22-31(16-19-50(41,43)5)58-47(56)14-8-29(2)37-11-12-38-35-25-45(55)42-21-30(53)15-18-49(42,4)39(35)17-20-48(37,38)3/h28-43,45-46,53,55,57H,7-27H2,1-6H3/t28-,29+,30+,31-,32+,33+,34-,35-,36-,37+,38-,39-,40-,41-,42-,43+,45-,46-,48+,49+,50+,51-/m0/s1. The van der Waals surface area contributed by atoms with E-state index in [2.05, 4.69) is 46.4 Å². The molecule has 10 aliphatic rings. The van der Waals surface area contributed by atoms with Gasteiger partial charge in [-0.25, -0.2) is 0 Å². The van der Waals surface area contributed by atoms with Crippen molar-refractivity contribution in [1.29, 1.82) is 0 Å². The lowest BCUT2D eigenvalue weighted by Gasteiger charge is -2.62. The van der Waals surface area contributed by atoms with Gasteiger partial charge in [0.1, 0.15) is 11.9 Å². The van der Waals surface area contributed by atoms with Crippen LogP contribution in [0.2, 0.25) is 0 Å². The van der Waals surface area contributed by atoms with E-state index >= 15 is 0 Å². The van der Waals surface area contributed by atoms with E-state index in [4.69, 9.17) is 4.74 Å². The molecule has 0 unspecified atom stereocenters. The van der Waals surface area contributed by atoms with Crippen LogP contribution < -0.4 is 0 Å². The third-order valence-electron chi connectivity index (χ3n) is 22.3. The lowest BCUT2D eigenvalue weighted by molar-refractivity contribution is -0.175. The average Bonchev–Trinajstić information content (AvgIpc) is 3.74. The minimum absolute atomic E-state index is 0.00279. The molecule has 58 heavy (non-hydrogen) atoms. The van der Waals surface area contributed by atoms with Crippen LogP contribution in [0.1, 0.15) is 164 Å². The summed E-state index contributed by atoms with van der Waals surface area (Å²) in [6.07, 6.45) is 18.3. The minimum atomic E-state index is -0.621. The van der Waals surface area contributed by atoms with E-state index in [1.165, 1.54) is 44.9 Å². The number of carbonyl (C=O) groups excluding carboxylic acids is 2. The van der Waals surface area contributed by atoms with Gasteiger partial charge in [-0.05, 0) is 209 Å². The first-order valence-electron chi connectivity index (χ1n) is 25.1. The first-order chi connectivity index (χ1) is 27.5. The molecule has 0 radical (unpaired) electrons. The molecule has 8 saturated carbocycles. The molecule has 2 heterocycles. The molecule has 2 saturated heterocycles. The van der Waals surface area contributed by atoms with Crippen LogP contribution in [0, 0.1) is 99.1 Å². The van der Waals surface area contributed by atoms with E-state index in [1.807, 2.05) is 0 Å². The van der Waals surface area contributed by atoms with Crippen molar-refractivity contribution in [1.82, 2.24) is 4.90 Å². The predicted octanol–water partition coefficient (Wildman–Crippen LogP) is 8.84. The van der Waals surface area contributed by atoms with Gasteiger partial charge < -0.3 is 20.1 Å². The maximum absolute atomic E-state index is 14.2. The van der Waals surface area contributed by atoms with Crippen molar-refractivity contribution < 1.29 is 29.6 Å². The van der Waals surface area contributed by atoms with Gasteiger partial charge in [0, 0.05) is 37.9 Å². The zero-order chi connectivity index (χ0) is 40.7. The molecule has 0 spiro atoms. The van der Waals surface area contributed by atoms with E-state index in [0.29, 0.717) is 102 Å². The van der Waals surface area contributed by atoms with Gasteiger partial charge in [0.2, 0.25) is 0 Å². The average molecular weight is 804 g/mol. The maximum Gasteiger partial charge on any atom is 0.306 e. The molecule has 22 atom stereocenters. The predicted molar refractivity (Wildman–Crippen MR) is 225 cm³/mol. The summed E-state index contributed by atoms with van der Waals surface area (Å²) in [5.41, 5.74) is -0.229. The van der Waals surface area contributed by atoms with Crippen LogP contribution >= 0.6 is 0 Å². The summed E-state index contributed by atoms with van der Waals surface area (Å²) in [6, 6.07) is 0.302. The summed E-state index contributed by atoms with van der Waals surface area (Å²) in [5.74, 6) is 7.42. The zero-order valence-electron chi connectivity index (χ0n) is 37.3. The Morgan fingerprint density at radius 3 is 2.28 bits per heavy atom. The molecule has 0 aromatic rings. The van der Waals surface area contributed by atoms with Gasteiger partial charge in [-0.2, -0.15) is 0 Å². The third-order valence-corrected chi connectivity index (χ3v) is 22.3. The number of nitrogens with zero attached hydrogens (tertiary/aromatic N) is 1. The van der Waals surface area contributed by atoms with Crippen LogP contribution in [0.15, 0.2) is 0 Å². The van der Waals surface area contributed by atoms with Gasteiger partial charge in [0.05, 0.1) is 17.8 Å². The highest BCUT2D eigenvalue weighted by Gasteiger charge is 2.66. The van der Waals surface area contributed by atoms with Gasteiger partial charge in [-0.3, -0.25) is 14.5 Å². The van der Waals surface area contributed by atoms with E-state index in [1.54, 1.807) is 0 Å². The number of hydrogen-bond donors (Lipinski definition) is 3. The van der Waals surface area contributed by atoms with Crippen molar-refractivity contribution in [3.8, 4) is 0 Å². The van der Waals surface area contributed by atoms with E-state index < -0.39 is 5.60 Å². The third kappa shape index (κ3) is 6.18. The Hall–Kier alpha value is -1.02. The van der Waals surface area contributed by atoms with E-state index in [0.717, 1.165) is 70.9 Å². The Balaban J connectivity index is 0.749. The summed E-state index contributed by atoms with van der Waals surface area (Å²) in [7, 11) is 0. The number of aliphatic hydroxyl groups excluding tert-OH is 2. The van der Waals surface area contributed by atoms with Gasteiger partial charge in [-0.15, -0.1) is 0 Å². The van der Waals surface area contributed by atoms with Crippen LogP contribution in [0.3, 0.4) is 0 Å². The van der Waals surface area contributed by atoms with Gasteiger partial charge in [0.15, 0.2) is 0 Å². The van der Waals surface area contributed by atoms with Crippen molar-refractivity contribution in [2.24, 2.45) is 99.1 Å². The van der Waals surface area contributed by atoms with Gasteiger partial charge in [0.25, 0.3) is 0 Å². The first kappa shape index (κ1) is 41.0. The second-order valence-electron chi connectivity index (χ2n) is 24.6. The van der Waals surface area contributed by atoms with Crippen molar-refractivity contribution >= 4 is 11.8 Å². The van der Waals surface area contributed by atoms with E-state index in [9.17, 15) is 24.9 Å². The van der Waals surface area contributed by atoms with Gasteiger partial charge in [-0.1, -0.05) is 34.6 Å². The number of ether oxygens (including phenoxy) is 1. The highest BCUT2D eigenvalue weighted by molar-refractivity contribution is 5.83. The van der Waals surface area contributed by atoms with Crippen LogP contribution in [0.4, 0.5) is 0 Å². The largest absolute Gasteiger partial charge is 0.462 e. The molecular weight excluding hydrogens is 723 g/mol. The topological polar surface area (TPSA) is 107 Å². The molecule has 3 N–H and O–H groups in total. The highest BCUT2D eigenvalue weighted by Crippen LogP contribution is 2.69. The molecule has 10 rings (SSSR count). The Labute approximate surface area is 351 Å². The fourth-order valence-corrected chi connectivity index (χ4v) is 19.5. The number of rotatable bonds is 5. The van der Waals surface area contributed by atoms with Crippen molar-refractivity contribution in [3.63, 3.8) is 0 Å². The second kappa shape index (κ2) is 14.5. The number of esters is 1. The fraction of sp³-hybridized carbons (Fsp3) is 0.961. The number of fused-ring (bicyclic) bond motifs is 13. The first-order valence-corrected chi connectivity index (χ1v) is 25.1. The summed E-state index contributed by atoms with van der Waals surface area (Å²) < 4.78 is 6.32. The molecule has 10 fully saturated rings. The molecule has 7 nitrogen and oxygen atoms in total. The number of ketones is 1. The second-order valence-corrected chi connectivity index (χ2v) is 24.6. The number of hydrogen-bond acceptors (Lipinski definition) is 7. The Kier molecular flexibility index (Phi) is 10.3.